The molecule has 1 N–H and O–H groups in total. The van der Waals surface area contributed by atoms with Crippen LogP contribution in [0.15, 0.2) is 24.7 Å². The molecule has 2 aromatic rings. The molecule has 0 fully saturated rings. The molecule has 0 spiro atoms. The van der Waals surface area contributed by atoms with Crippen LogP contribution in [-0.2, 0) is 24.7 Å². The maximum atomic E-state index is 11.9. The normalized spacial score (nSPS) is 12.1. The monoisotopic (exact) mass is 287 g/mol. The minimum Gasteiger partial charge on any atom is -0.353 e. The number of aryl methyl sites for hydroxylation is 3. The van der Waals surface area contributed by atoms with Gasteiger partial charge in [-0.3, -0.25) is 9.78 Å². The SMILES string of the molecule is Cc1cccnc1C[C@H](C)NC(=O)CCc1nncn1C. The molecule has 6 heteroatoms. The average molecular weight is 287 g/mol. The summed E-state index contributed by atoms with van der Waals surface area (Å²) < 4.78 is 1.83. The summed E-state index contributed by atoms with van der Waals surface area (Å²) in [7, 11) is 1.87. The number of rotatable bonds is 6. The van der Waals surface area contributed by atoms with Gasteiger partial charge in [0, 0.05) is 44.2 Å². The predicted molar refractivity (Wildman–Crippen MR) is 79.6 cm³/mol. The second-order valence-electron chi connectivity index (χ2n) is 5.30. The Morgan fingerprint density at radius 3 is 2.95 bits per heavy atom. The first kappa shape index (κ1) is 15.2. The van der Waals surface area contributed by atoms with E-state index in [2.05, 4.69) is 20.5 Å². The fourth-order valence-electron chi connectivity index (χ4n) is 2.18. The third-order valence-corrected chi connectivity index (χ3v) is 3.41. The van der Waals surface area contributed by atoms with Crippen molar-refractivity contribution < 1.29 is 4.79 Å². The van der Waals surface area contributed by atoms with E-state index in [0.29, 0.717) is 12.8 Å². The highest BCUT2D eigenvalue weighted by molar-refractivity contribution is 5.76. The van der Waals surface area contributed by atoms with Crippen molar-refractivity contribution in [1.29, 1.82) is 0 Å². The summed E-state index contributed by atoms with van der Waals surface area (Å²) in [5.74, 6) is 0.845. The summed E-state index contributed by atoms with van der Waals surface area (Å²) in [6.07, 6.45) is 5.17. The van der Waals surface area contributed by atoms with E-state index in [-0.39, 0.29) is 11.9 Å². The first-order valence-corrected chi connectivity index (χ1v) is 7.09. The number of carbonyl (C=O) groups excluding carboxylic acids is 1. The van der Waals surface area contributed by atoms with Gasteiger partial charge < -0.3 is 9.88 Å². The lowest BCUT2D eigenvalue weighted by atomic mass is 10.1. The van der Waals surface area contributed by atoms with Crippen LogP contribution in [0.25, 0.3) is 0 Å². The summed E-state index contributed by atoms with van der Waals surface area (Å²) in [5.41, 5.74) is 2.18. The lowest BCUT2D eigenvalue weighted by molar-refractivity contribution is -0.121. The van der Waals surface area contributed by atoms with Crippen molar-refractivity contribution in [3.8, 4) is 0 Å². The van der Waals surface area contributed by atoms with E-state index in [9.17, 15) is 4.79 Å². The van der Waals surface area contributed by atoms with Gasteiger partial charge in [-0.2, -0.15) is 0 Å². The largest absolute Gasteiger partial charge is 0.353 e. The standard InChI is InChI=1S/C15H21N5O/c1-11-5-4-8-16-13(11)9-12(2)18-15(21)7-6-14-19-17-10-20(14)3/h4-5,8,10,12H,6-7,9H2,1-3H3,(H,18,21)/t12-/m0/s1. The zero-order chi connectivity index (χ0) is 15.2. The molecule has 0 saturated carbocycles. The van der Waals surface area contributed by atoms with Gasteiger partial charge in [0.05, 0.1) is 0 Å². The van der Waals surface area contributed by atoms with Gasteiger partial charge in [-0.15, -0.1) is 10.2 Å². The van der Waals surface area contributed by atoms with E-state index in [4.69, 9.17) is 0 Å². The third kappa shape index (κ3) is 4.37. The van der Waals surface area contributed by atoms with Crippen LogP contribution in [0, 0.1) is 6.92 Å². The molecule has 0 aliphatic heterocycles. The minimum absolute atomic E-state index is 0.0269. The molecule has 0 saturated heterocycles. The number of nitrogens with one attached hydrogen (secondary N) is 1. The molecule has 2 aromatic heterocycles. The lowest BCUT2D eigenvalue weighted by Gasteiger charge is -2.14. The Labute approximate surface area is 124 Å². The minimum atomic E-state index is 0.0269. The molecule has 1 amide bonds. The summed E-state index contributed by atoms with van der Waals surface area (Å²) in [5, 5.41) is 10.8. The van der Waals surface area contributed by atoms with Crippen molar-refractivity contribution in [3.63, 3.8) is 0 Å². The van der Waals surface area contributed by atoms with Gasteiger partial charge in [-0.05, 0) is 25.5 Å². The van der Waals surface area contributed by atoms with Crippen molar-refractivity contribution in [2.75, 3.05) is 0 Å². The van der Waals surface area contributed by atoms with Crippen molar-refractivity contribution >= 4 is 5.91 Å². The second kappa shape index (κ2) is 6.97. The van der Waals surface area contributed by atoms with Crippen LogP contribution in [0.4, 0.5) is 0 Å². The molecule has 0 aliphatic carbocycles. The number of carbonyl (C=O) groups is 1. The Hall–Kier alpha value is -2.24. The van der Waals surface area contributed by atoms with Crippen LogP contribution < -0.4 is 5.32 Å². The van der Waals surface area contributed by atoms with E-state index < -0.39 is 0 Å². The van der Waals surface area contributed by atoms with E-state index in [1.807, 2.05) is 37.6 Å². The smallest absolute Gasteiger partial charge is 0.220 e. The maximum Gasteiger partial charge on any atom is 0.220 e. The number of pyridine rings is 1. The molecule has 0 aromatic carbocycles. The highest BCUT2D eigenvalue weighted by atomic mass is 16.1. The molecule has 112 valence electrons. The molecule has 6 nitrogen and oxygen atoms in total. The van der Waals surface area contributed by atoms with Crippen molar-refractivity contribution in [1.82, 2.24) is 25.1 Å². The highest BCUT2D eigenvalue weighted by Crippen LogP contribution is 2.06. The fourth-order valence-corrected chi connectivity index (χ4v) is 2.18. The summed E-state index contributed by atoms with van der Waals surface area (Å²) in [4.78, 5) is 16.3. The van der Waals surface area contributed by atoms with Crippen LogP contribution in [0.5, 0.6) is 0 Å². The van der Waals surface area contributed by atoms with E-state index in [1.54, 1.807) is 12.5 Å². The predicted octanol–water partition coefficient (Wildman–Crippen LogP) is 1.20. The quantitative estimate of drug-likeness (QED) is 0.866. The van der Waals surface area contributed by atoms with Gasteiger partial charge in [-0.1, -0.05) is 6.07 Å². The Morgan fingerprint density at radius 1 is 1.48 bits per heavy atom. The third-order valence-electron chi connectivity index (χ3n) is 3.41. The van der Waals surface area contributed by atoms with Crippen LogP contribution in [0.1, 0.15) is 30.4 Å². The first-order valence-electron chi connectivity index (χ1n) is 7.09. The second-order valence-corrected chi connectivity index (χ2v) is 5.30. The number of amides is 1. The van der Waals surface area contributed by atoms with Gasteiger partial charge in [0.1, 0.15) is 12.2 Å². The van der Waals surface area contributed by atoms with Gasteiger partial charge in [0.25, 0.3) is 0 Å². The molecular weight excluding hydrogens is 266 g/mol. The fraction of sp³-hybridized carbons (Fsp3) is 0.467. The molecule has 0 radical (unpaired) electrons. The van der Waals surface area contributed by atoms with Crippen molar-refractivity contribution in [3.05, 3.63) is 41.7 Å². The number of aromatic nitrogens is 4. The molecule has 0 bridgehead atoms. The highest BCUT2D eigenvalue weighted by Gasteiger charge is 2.11. The molecule has 2 rings (SSSR count). The topological polar surface area (TPSA) is 72.7 Å². The van der Waals surface area contributed by atoms with Crippen LogP contribution in [0.2, 0.25) is 0 Å². The zero-order valence-corrected chi connectivity index (χ0v) is 12.7. The average Bonchev–Trinajstić information content (AvgIpc) is 2.84. The molecule has 21 heavy (non-hydrogen) atoms. The summed E-state index contributed by atoms with van der Waals surface area (Å²) >= 11 is 0. The molecule has 1 atom stereocenters. The Kier molecular flexibility index (Phi) is 5.03. The van der Waals surface area contributed by atoms with E-state index in [0.717, 1.165) is 23.5 Å². The van der Waals surface area contributed by atoms with Gasteiger partial charge in [0.15, 0.2) is 0 Å². The van der Waals surface area contributed by atoms with Gasteiger partial charge >= 0.3 is 0 Å². The van der Waals surface area contributed by atoms with E-state index >= 15 is 0 Å². The van der Waals surface area contributed by atoms with Crippen LogP contribution in [-0.4, -0.2) is 31.7 Å². The first-order chi connectivity index (χ1) is 10.1. The van der Waals surface area contributed by atoms with Gasteiger partial charge in [-0.25, -0.2) is 0 Å². The van der Waals surface area contributed by atoms with Crippen molar-refractivity contribution in [2.45, 2.75) is 39.2 Å². The molecular formula is C15H21N5O. The van der Waals surface area contributed by atoms with Crippen LogP contribution >= 0.6 is 0 Å². The molecule has 0 unspecified atom stereocenters. The van der Waals surface area contributed by atoms with Crippen molar-refractivity contribution in [2.24, 2.45) is 7.05 Å². The molecule has 0 aliphatic rings. The lowest BCUT2D eigenvalue weighted by Crippen LogP contribution is -2.34. The Balaban J connectivity index is 1.80. The number of hydrogen-bond donors (Lipinski definition) is 1. The molecule has 2 heterocycles. The Bertz CT molecular complexity index is 608. The number of hydrogen-bond acceptors (Lipinski definition) is 4. The summed E-state index contributed by atoms with van der Waals surface area (Å²) in [6.45, 7) is 4.03. The van der Waals surface area contributed by atoms with E-state index in [1.165, 1.54) is 0 Å². The zero-order valence-electron chi connectivity index (χ0n) is 12.7. The number of nitrogens with zero attached hydrogens (tertiary/aromatic N) is 4. The van der Waals surface area contributed by atoms with Gasteiger partial charge in [0.2, 0.25) is 5.91 Å². The maximum absolute atomic E-state index is 11.9. The Morgan fingerprint density at radius 2 is 2.29 bits per heavy atom. The summed E-state index contributed by atoms with van der Waals surface area (Å²) in [6, 6.07) is 4.01. The van der Waals surface area contributed by atoms with Crippen LogP contribution in [0.3, 0.4) is 0 Å².